The Bertz CT molecular complexity index is 665. The van der Waals surface area contributed by atoms with E-state index in [1.54, 1.807) is 18.5 Å². The van der Waals surface area contributed by atoms with Crippen LogP contribution in [0.2, 0.25) is 4.34 Å². The molecule has 0 unspecified atom stereocenters. The lowest BCUT2D eigenvalue weighted by Gasteiger charge is -2.17. The number of aliphatic imine (C=N–C) groups is 1. The van der Waals surface area contributed by atoms with E-state index in [0.717, 1.165) is 11.3 Å². The largest absolute Gasteiger partial charge is 0.327 e. The lowest BCUT2D eigenvalue weighted by Crippen LogP contribution is -2.31. The van der Waals surface area contributed by atoms with Gasteiger partial charge >= 0.3 is 6.03 Å². The van der Waals surface area contributed by atoms with Crippen molar-refractivity contribution in [3.8, 4) is 0 Å². The molecule has 1 aromatic rings. The number of hydrogen-bond donors (Lipinski definition) is 2. The molecular weight excluding hydrogens is 312 g/mol. The summed E-state index contributed by atoms with van der Waals surface area (Å²) in [5.74, 6) is 0. The number of primary sulfonamides is 1. The van der Waals surface area contributed by atoms with Crippen LogP contribution in [-0.4, -0.2) is 32.2 Å². The zero-order valence-electron chi connectivity index (χ0n) is 9.41. The van der Waals surface area contributed by atoms with Crippen molar-refractivity contribution in [2.24, 2.45) is 10.1 Å². The van der Waals surface area contributed by atoms with Crippen molar-refractivity contribution in [3.63, 3.8) is 0 Å². The number of urea groups is 1. The second-order valence-corrected chi connectivity index (χ2v) is 6.95. The molecule has 19 heavy (non-hydrogen) atoms. The Labute approximate surface area is 118 Å². The van der Waals surface area contributed by atoms with Crippen LogP contribution in [0.4, 0.5) is 10.5 Å². The molecule has 0 aliphatic carbocycles. The molecule has 102 valence electrons. The molecule has 2 rings (SSSR count). The number of anilines is 1. The summed E-state index contributed by atoms with van der Waals surface area (Å²) in [7, 11) is -3.83. The fourth-order valence-electron chi connectivity index (χ4n) is 1.28. The maximum absolute atomic E-state index is 11.8. The van der Waals surface area contributed by atoms with Crippen LogP contribution in [-0.2, 0) is 10.0 Å². The van der Waals surface area contributed by atoms with Gasteiger partial charge in [-0.1, -0.05) is 11.6 Å². The number of rotatable bonds is 2. The van der Waals surface area contributed by atoms with Crippen LogP contribution in [0, 0.1) is 0 Å². The molecule has 10 heteroatoms. The topological polar surface area (TPSA) is 105 Å². The van der Waals surface area contributed by atoms with Crippen molar-refractivity contribution in [2.75, 3.05) is 12.0 Å². The summed E-state index contributed by atoms with van der Waals surface area (Å²) in [5.41, 5.74) is 0.198. The standard InChI is InChI=1S/C9H9ClN4O3S2/c10-8-6(4-7(18-8)19(11,16)17)13-9(15)14-3-1-2-12-5-14/h1-4H,5H2,(H,13,15)(H2,11,16,17). The molecule has 1 aliphatic heterocycles. The lowest BCUT2D eigenvalue weighted by atomic mass is 10.5. The van der Waals surface area contributed by atoms with Gasteiger partial charge in [0.2, 0.25) is 10.0 Å². The number of hydrogen-bond acceptors (Lipinski definition) is 5. The van der Waals surface area contributed by atoms with Gasteiger partial charge in [-0.2, -0.15) is 0 Å². The molecule has 0 aromatic carbocycles. The van der Waals surface area contributed by atoms with Gasteiger partial charge in [-0.25, -0.2) is 18.4 Å². The maximum Gasteiger partial charge on any atom is 0.327 e. The Morgan fingerprint density at radius 3 is 2.84 bits per heavy atom. The summed E-state index contributed by atoms with van der Waals surface area (Å²) >= 11 is 6.63. The smallest absolute Gasteiger partial charge is 0.305 e. The van der Waals surface area contributed by atoms with Gasteiger partial charge in [-0.05, 0) is 12.1 Å². The summed E-state index contributed by atoms with van der Waals surface area (Å²) in [6.07, 6.45) is 4.72. The number of sulfonamides is 1. The molecule has 0 spiro atoms. The first-order chi connectivity index (χ1) is 8.88. The van der Waals surface area contributed by atoms with Crippen LogP contribution in [0.3, 0.4) is 0 Å². The monoisotopic (exact) mass is 320 g/mol. The number of nitrogens with one attached hydrogen (secondary N) is 1. The highest BCUT2D eigenvalue weighted by atomic mass is 35.5. The Balaban J connectivity index is 2.15. The predicted molar refractivity (Wildman–Crippen MR) is 74.1 cm³/mol. The number of nitrogens with zero attached hydrogens (tertiary/aromatic N) is 2. The van der Waals surface area contributed by atoms with E-state index in [2.05, 4.69) is 10.3 Å². The second-order valence-electron chi connectivity index (χ2n) is 3.51. The summed E-state index contributed by atoms with van der Waals surface area (Å²) in [5, 5.41) is 7.48. The first-order valence-corrected chi connectivity index (χ1v) is 7.68. The molecule has 2 heterocycles. The maximum atomic E-state index is 11.8. The SMILES string of the molecule is NS(=O)(=O)c1cc(NC(=O)N2C=CC=NC2)c(Cl)s1. The van der Waals surface area contributed by atoms with E-state index in [0.29, 0.717) is 0 Å². The Morgan fingerprint density at radius 1 is 1.58 bits per heavy atom. The molecule has 0 fully saturated rings. The van der Waals surface area contributed by atoms with Gasteiger partial charge in [0.15, 0.2) is 0 Å². The van der Waals surface area contributed by atoms with Crippen molar-refractivity contribution in [1.29, 1.82) is 0 Å². The number of carbonyl (C=O) groups excluding carboxylic acids is 1. The number of nitrogens with two attached hydrogens (primary N) is 1. The molecule has 7 nitrogen and oxygen atoms in total. The Kier molecular flexibility index (Phi) is 3.90. The highest BCUT2D eigenvalue weighted by molar-refractivity contribution is 7.91. The van der Waals surface area contributed by atoms with Gasteiger partial charge < -0.3 is 5.32 Å². The molecule has 0 radical (unpaired) electrons. The van der Waals surface area contributed by atoms with E-state index >= 15 is 0 Å². The second kappa shape index (κ2) is 5.29. The van der Waals surface area contributed by atoms with Crippen LogP contribution in [0.15, 0.2) is 27.5 Å². The van der Waals surface area contributed by atoms with E-state index < -0.39 is 16.1 Å². The summed E-state index contributed by atoms with van der Waals surface area (Å²) in [6, 6.07) is 0.755. The van der Waals surface area contributed by atoms with E-state index in [-0.39, 0.29) is 20.9 Å². The summed E-state index contributed by atoms with van der Waals surface area (Å²) in [6.45, 7) is 0.187. The molecular formula is C9H9ClN4O3S2. The minimum Gasteiger partial charge on any atom is -0.305 e. The minimum atomic E-state index is -3.83. The van der Waals surface area contributed by atoms with Crippen LogP contribution in [0.5, 0.6) is 0 Å². The summed E-state index contributed by atoms with van der Waals surface area (Å²) in [4.78, 5) is 17.0. The minimum absolute atomic E-state index is 0.111. The average Bonchev–Trinajstić information content (AvgIpc) is 2.72. The lowest BCUT2D eigenvalue weighted by molar-refractivity contribution is 0.229. The number of carbonyl (C=O) groups is 1. The van der Waals surface area contributed by atoms with Crippen LogP contribution in [0.25, 0.3) is 0 Å². The van der Waals surface area contributed by atoms with Crippen molar-refractivity contribution in [3.05, 3.63) is 22.7 Å². The van der Waals surface area contributed by atoms with E-state index in [4.69, 9.17) is 16.7 Å². The molecule has 1 aromatic heterocycles. The van der Waals surface area contributed by atoms with Crippen LogP contribution < -0.4 is 10.5 Å². The first kappa shape index (κ1) is 14.0. The van der Waals surface area contributed by atoms with E-state index in [1.165, 1.54) is 11.0 Å². The molecule has 1 aliphatic rings. The van der Waals surface area contributed by atoms with Crippen molar-refractivity contribution in [2.45, 2.75) is 4.21 Å². The number of halogens is 1. The number of allylic oxidation sites excluding steroid dienone is 1. The average molecular weight is 321 g/mol. The van der Waals surface area contributed by atoms with Crippen molar-refractivity contribution >= 4 is 50.9 Å². The molecule has 0 saturated carbocycles. The Morgan fingerprint density at radius 2 is 2.32 bits per heavy atom. The van der Waals surface area contributed by atoms with Gasteiger partial charge in [-0.15, -0.1) is 11.3 Å². The van der Waals surface area contributed by atoms with E-state index in [9.17, 15) is 13.2 Å². The molecule has 0 bridgehead atoms. The van der Waals surface area contributed by atoms with Crippen LogP contribution in [0.1, 0.15) is 0 Å². The zero-order valence-corrected chi connectivity index (χ0v) is 11.8. The highest BCUT2D eigenvalue weighted by Gasteiger charge is 2.19. The van der Waals surface area contributed by atoms with Crippen LogP contribution >= 0.6 is 22.9 Å². The van der Waals surface area contributed by atoms with E-state index in [1.807, 2.05) is 0 Å². The molecule has 0 saturated heterocycles. The van der Waals surface area contributed by atoms with Gasteiger partial charge in [0, 0.05) is 12.4 Å². The third-order valence-corrected chi connectivity index (χ3v) is 4.92. The normalized spacial score (nSPS) is 14.7. The van der Waals surface area contributed by atoms with Gasteiger partial charge in [0.05, 0.1) is 5.69 Å². The van der Waals surface area contributed by atoms with Gasteiger partial charge in [0.1, 0.15) is 15.2 Å². The van der Waals surface area contributed by atoms with Crippen molar-refractivity contribution in [1.82, 2.24) is 4.90 Å². The molecule has 0 atom stereocenters. The fraction of sp³-hybridized carbons (Fsp3) is 0.111. The van der Waals surface area contributed by atoms with Gasteiger partial charge in [-0.3, -0.25) is 9.89 Å². The predicted octanol–water partition coefficient (Wildman–Crippen LogP) is 1.44. The van der Waals surface area contributed by atoms with Crippen molar-refractivity contribution < 1.29 is 13.2 Å². The molecule has 3 N–H and O–H groups in total. The quantitative estimate of drug-likeness (QED) is 0.861. The third kappa shape index (κ3) is 3.32. The Hall–Kier alpha value is -1.42. The number of thiophene rings is 1. The summed E-state index contributed by atoms with van der Waals surface area (Å²) < 4.78 is 22.4. The fourth-order valence-corrected chi connectivity index (χ4v) is 3.34. The third-order valence-electron chi connectivity index (χ3n) is 2.14. The highest BCUT2D eigenvalue weighted by Crippen LogP contribution is 2.34. The molecule has 2 amide bonds. The number of amides is 2. The van der Waals surface area contributed by atoms with Gasteiger partial charge in [0.25, 0.3) is 0 Å². The zero-order chi connectivity index (χ0) is 14.0. The first-order valence-electron chi connectivity index (χ1n) is 4.94.